The summed E-state index contributed by atoms with van der Waals surface area (Å²) in [4.78, 5) is 16.0. The second kappa shape index (κ2) is 6.59. The zero-order valence-electron chi connectivity index (χ0n) is 13.1. The van der Waals surface area contributed by atoms with Crippen LogP contribution in [0.15, 0.2) is 24.3 Å². The zero-order valence-corrected chi connectivity index (χ0v) is 14.0. The molecule has 0 aliphatic carbocycles. The molecule has 0 bridgehead atoms. The number of carbonyl (C=O) groups excluding carboxylic acids is 1. The van der Waals surface area contributed by atoms with Crippen molar-refractivity contribution < 1.29 is 13.2 Å². The molecule has 126 valence electrons. The van der Waals surface area contributed by atoms with E-state index in [1.807, 2.05) is 24.3 Å². The highest BCUT2D eigenvalue weighted by Crippen LogP contribution is 2.25. The molecule has 2 fully saturated rings. The van der Waals surface area contributed by atoms with E-state index in [-0.39, 0.29) is 18.9 Å². The van der Waals surface area contributed by atoms with Crippen LogP contribution in [0.25, 0.3) is 0 Å². The number of nitrogens with two attached hydrogens (primary N) is 1. The molecule has 3 rings (SSSR count). The molecular formula is C16H23N3O3S. The van der Waals surface area contributed by atoms with Crippen molar-refractivity contribution in [3.63, 3.8) is 0 Å². The number of nitrogens with zero attached hydrogens (tertiary/aromatic N) is 2. The van der Waals surface area contributed by atoms with E-state index < -0.39 is 15.3 Å². The Balaban J connectivity index is 1.66. The van der Waals surface area contributed by atoms with E-state index in [0.717, 1.165) is 25.3 Å². The number of sulfonamides is 1. The lowest BCUT2D eigenvalue weighted by Crippen LogP contribution is -2.32. The lowest BCUT2D eigenvalue weighted by Gasteiger charge is -2.26. The van der Waals surface area contributed by atoms with Gasteiger partial charge in [-0.05, 0) is 43.6 Å². The van der Waals surface area contributed by atoms with Crippen LogP contribution in [0.3, 0.4) is 0 Å². The van der Waals surface area contributed by atoms with Crippen LogP contribution < -0.4 is 10.0 Å². The Morgan fingerprint density at radius 3 is 2.30 bits per heavy atom. The van der Waals surface area contributed by atoms with E-state index in [2.05, 4.69) is 4.90 Å². The summed E-state index contributed by atoms with van der Waals surface area (Å²) in [5, 5.41) is 4.36. The second-order valence-corrected chi connectivity index (χ2v) is 8.27. The molecule has 2 N–H and O–H groups in total. The molecule has 1 unspecified atom stereocenters. The predicted molar refractivity (Wildman–Crippen MR) is 89.4 cm³/mol. The molecule has 2 aliphatic rings. The van der Waals surface area contributed by atoms with Crippen LogP contribution in [0.4, 0.5) is 5.69 Å². The number of likely N-dealkylation sites (tertiary alicyclic amines) is 1. The largest absolute Gasteiger partial charge is 0.311 e. The Hall–Kier alpha value is -1.44. The third kappa shape index (κ3) is 3.91. The van der Waals surface area contributed by atoms with Gasteiger partial charge in [-0.2, -0.15) is 0 Å². The van der Waals surface area contributed by atoms with Crippen molar-refractivity contribution in [2.75, 3.05) is 24.5 Å². The molecular weight excluding hydrogens is 314 g/mol. The van der Waals surface area contributed by atoms with Gasteiger partial charge in [0.2, 0.25) is 15.9 Å². The summed E-state index contributed by atoms with van der Waals surface area (Å²) in [6.45, 7) is 3.35. The summed E-state index contributed by atoms with van der Waals surface area (Å²) in [5.41, 5.74) is 1.95. The quantitative estimate of drug-likeness (QED) is 0.891. The first kappa shape index (κ1) is 16.4. The van der Waals surface area contributed by atoms with Gasteiger partial charge in [0.1, 0.15) is 5.25 Å². The van der Waals surface area contributed by atoms with Crippen molar-refractivity contribution in [3.8, 4) is 0 Å². The number of primary sulfonamides is 1. The first-order chi connectivity index (χ1) is 10.9. The number of amides is 1. The lowest BCUT2D eigenvalue weighted by molar-refractivity contribution is -0.117. The number of rotatable bonds is 4. The monoisotopic (exact) mass is 337 g/mol. The average molecular weight is 337 g/mol. The Bertz CT molecular complexity index is 666. The van der Waals surface area contributed by atoms with Crippen LogP contribution in [-0.4, -0.2) is 44.1 Å². The van der Waals surface area contributed by atoms with Crippen LogP contribution in [0, 0.1) is 0 Å². The fourth-order valence-corrected chi connectivity index (χ4v) is 4.03. The second-order valence-electron chi connectivity index (χ2n) is 6.42. The molecule has 1 atom stereocenters. The Morgan fingerprint density at radius 1 is 1.09 bits per heavy atom. The minimum atomic E-state index is -3.67. The van der Waals surface area contributed by atoms with Gasteiger partial charge in [0.25, 0.3) is 0 Å². The minimum Gasteiger partial charge on any atom is -0.311 e. The van der Waals surface area contributed by atoms with Gasteiger partial charge in [0.05, 0.1) is 0 Å². The van der Waals surface area contributed by atoms with E-state index in [4.69, 9.17) is 5.14 Å². The van der Waals surface area contributed by atoms with Gasteiger partial charge < -0.3 is 4.90 Å². The maximum absolute atomic E-state index is 12.0. The Kier molecular flexibility index (Phi) is 4.70. The Morgan fingerprint density at radius 2 is 1.74 bits per heavy atom. The third-order valence-electron chi connectivity index (χ3n) is 4.66. The molecule has 0 spiro atoms. The van der Waals surface area contributed by atoms with E-state index in [1.165, 1.54) is 29.7 Å². The molecule has 1 aromatic carbocycles. The van der Waals surface area contributed by atoms with Gasteiger partial charge >= 0.3 is 0 Å². The van der Waals surface area contributed by atoms with Crippen LogP contribution in [0.5, 0.6) is 0 Å². The lowest BCUT2D eigenvalue weighted by atomic mass is 10.1. The van der Waals surface area contributed by atoms with Gasteiger partial charge in [-0.15, -0.1) is 0 Å². The fourth-order valence-electron chi connectivity index (χ4n) is 3.30. The summed E-state index contributed by atoms with van der Waals surface area (Å²) in [6, 6.07) is 7.81. The molecule has 0 aromatic heterocycles. The van der Waals surface area contributed by atoms with Crippen LogP contribution in [0.1, 0.15) is 31.2 Å². The normalized spacial score (nSPS) is 23.4. The molecule has 2 aliphatic heterocycles. The van der Waals surface area contributed by atoms with Crippen LogP contribution in [0.2, 0.25) is 0 Å². The predicted octanol–water partition coefficient (Wildman–Crippen LogP) is 1.07. The van der Waals surface area contributed by atoms with E-state index in [0.29, 0.717) is 0 Å². The van der Waals surface area contributed by atoms with Crippen LogP contribution in [-0.2, 0) is 21.4 Å². The van der Waals surface area contributed by atoms with E-state index in [1.54, 1.807) is 0 Å². The average Bonchev–Trinajstić information content (AvgIpc) is 2.91. The molecule has 6 nitrogen and oxygen atoms in total. The van der Waals surface area contributed by atoms with Gasteiger partial charge in [0, 0.05) is 25.2 Å². The minimum absolute atomic E-state index is 0.0334. The highest BCUT2D eigenvalue weighted by molar-refractivity contribution is 7.89. The maximum atomic E-state index is 12.0. The number of hydrogen-bond acceptors (Lipinski definition) is 4. The molecule has 2 heterocycles. The molecule has 0 saturated carbocycles. The van der Waals surface area contributed by atoms with Crippen molar-refractivity contribution in [2.24, 2.45) is 5.14 Å². The molecule has 7 heteroatoms. The number of anilines is 1. The summed E-state index contributed by atoms with van der Waals surface area (Å²) in [6.07, 6.45) is 3.80. The van der Waals surface area contributed by atoms with Gasteiger partial charge in [-0.25, -0.2) is 13.6 Å². The summed E-state index contributed by atoms with van der Waals surface area (Å²) in [7, 11) is -3.67. The Labute approximate surface area is 137 Å². The van der Waals surface area contributed by atoms with E-state index in [9.17, 15) is 13.2 Å². The van der Waals surface area contributed by atoms with E-state index >= 15 is 0 Å². The first-order valence-electron chi connectivity index (χ1n) is 8.07. The van der Waals surface area contributed by atoms with Gasteiger partial charge in [0.15, 0.2) is 0 Å². The molecule has 0 radical (unpaired) electrons. The van der Waals surface area contributed by atoms with Crippen molar-refractivity contribution >= 4 is 21.6 Å². The number of hydrogen-bond donors (Lipinski definition) is 1. The van der Waals surface area contributed by atoms with Crippen molar-refractivity contribution in [2.45, 2.75) is 37.5 Å². The SMILES string of the molecule is NS(=O)(=O)C1CC(=O)N(c2ccc(CN3CCCCC3)cc2)C1. The highest BCUT2D eigenvalue weighted by Gasteiger charge is 2.37. The molecule has 23 heavy (non-hydrogen) atoms. The first-order valence-corrected chi connectivity index (χ1v) is 9.68. The van der Waals surface area contributed by atoms with Crippen LogP contribution >= 0.6 is 0 Å². The van der Waals surface area contributed by atoms with Crippen molar-refractivity contribution in [3.05, 3.63) is 29.8 Å². The summed E-state index contributed by atoms with van der Waals surface area (Å²) >= 11 is 0. The summed E-state index contributed by atoms with van der Waals surface area (Å²) in [5.74, 6) is -0.187. The number of benzene rings is 1. The molecule has 1 aromatic rings. The third-order valence-corrected chi connectivity index (χ3v) is 5.90. The topological polar surface area (TPSA) is 83.7 Å². The number of carbonyl (C=O) groups is 1. The fraction of sp³-hybridized carbons (Fsp3) is 0.562. The number of piperidine rings is 1. The standard InChI is InChI=1S/C16H23N3O3S/c17-23(21,22)15-10-16(20)19(12-15)14-6-4-13(5-7-14)11-18-8-2-1-3-9-18/h4-7,15H,1-3,8-12H2,(H2,17,21,22). The van der Waals surface area contributed by atoms with Gasteiger partial charge in [-0.3, -0.25) is 9.69 Å². The molecule has 2 saturated heterocycles. The summed E-state index contributed by atoms with van der Waals surface area (Å²) < 4.78 is 22.8. The molecule has 1 amide bonds. The highest BCUT2D eigenvalue weighted by atomic mass is 32.2. The van der Waals surface area contributed by atoms with Crippen molar-refractivity contribution in [1.29, 1.82) is 0 Å². The van der Waals surface area contributed by atoms with Crippen molar-refractivity contribution in [1.82, 2.24) is 4.90 Å². The van der Waals surface area contributed by atoms with Gasteiger partial charge in [-0.1, -0.05) is 18.6 Å². The zero-order chi connectivity index (χ0) is 16.4. The maximum Gasteiger partial charge on any atom is 0.228 e. The smallest absolute Gasteiger partial charge is 0.228 e.